The summed E-state index contributed by atoms with van der Waals surface area (Å²) in [4.78, 5) is 18.6. The average Bonchev–Trinajstić information content (AvgIpc) is 3.38. The summed E-state index contributed by atoms with van der Waals surface area (Å²) < 4.78 is 0. The number of hydrogen-bond acceptors (Lipinski definition) is 3. The number of nitrogens with zero attached hydrogens (tertiary/aromatic N) is 4. The normalized spacial score (nSPS) is 12.6. The Morgan fingerprint density at radius 1 is 0.447 bits per heavy atom. The van der Waals surface area contributed by atoms with E-state index in [0.29, 0.717) is 23.2 Å². The monoisotopic (exact) mass is 602 g/mol. The summed E-state index contributed by atoms with van der Waals surface area (Å²) in [5.41, 5.74) is 12.5. The molecular weight excluding hydrogens is 573 g/mol. The second kappa shape index (κ2) is 11.3. The van der Waals surface area contributed by atoms with Gasteiger partial charge in [0.05, 0.1) is 6.57 Å². The molecular formula is C43H30N4. The Balaban J connectivity index is 1.17. The van der Waals surface area contributed by atoms with Gasteiger partial charge in [-0.05, 0) is 50.6 Å². The predicted molar refractivity (Wildman–Crippen MR) is 191 cm³/mol. The third-order valence-corrected chi connectivity index (χ3v) is 9.19. The summed E-state index contributed by atoms with van der Waals surface area (Å²) in [7, 11) is 0. The summed E-state index contributed by atoms with van der Waals surface area (Å²) in [6.45, 7) is 12.3. The molecule has 8 rings (SSSR count). The van der Waals surface area contributed by atoms with Gasteiger partial charge in [-0.1, -0.05) is 153 Å². The minimum atomic E-state index is -0.150. The zero-order valence-corrected chi connectivity index (χ0v) is 26.1. The van der Waals surface area contributed by atoms with E-state index < -0.39 is 0 Å². The number of aromatic nitrogens is 3. The van der Waals surface area contributed by atoms with E-state index in [1.807, 2.05) is 48.5 Å². The lowest BCUT2D eigenvalue weighted by molar-refractivity contribution is 0.660. The molecule has 0 unspecified atom stereocenters. The van der Waals surface area contributed by atoms with Crippen molar-refractivity contribution in [3.8, 4) is 67.5 Å². The van der Waals surface area contributed by atoms with Gasteiger partial charge in [0.1, 0.15) is 0 Å². The quantitative estimate of drug-likeness (QED) is 0.184. The molecule has 0 aliphatic heterocycles. The first-order valence-electron chi connectivity index (χ1n) is 15.7. The molecule has 0 fully saturated rings. The van der Waals surface area contributed by atoms with Gasteiger partial charge in [-0.15, -0.1) is 0 Å². The molecule has 222 valence electrons. The van der Waals surface area contributed by atoms with Crippen LogP contribution in [0.25, 0.3) is 72.4 Å². The predicted octanol–water partition coefficient (Wildman–Crippen LogP) is 11.1. The van der Waals surface area contributed by atoms with Gasteiger partial charge in [-0.25, -0.2) is 19.8 Å². The fraction of sp³-hybridized carbons (Fsp3) is 0.0698. The molecule has 0 radical (unpaired) electrons. The first-order chi connectivity index (χ1) is 23.0. The van der Waals surface area contributed by atoms with Crippen LogP contribution in [0.15, 0.2) is 146 Å². The van der Waals surface area contributed by atoms with E-state index in [-0.39, 0.29) is 5.41 Å². The summed E-state index contributed by atoms with van der Waals surface area (Å²) in [6.07, 6.45) is 0. The number of fused-ring (bicyclic) bond motifs is 3. The highest BCUT2D eigenvalue weighted by Gasteiger charge is 2.36. The van der Waals surface area contributed by atoms with Gasteiger partial charge in [0.25, 0.3) is 0 Å². The minimum absolute atomic E-state index is 0.150. The summed E-state index contributed by atoms with van der Waals surface area (Å²) in [5, 5.41) is 0. The summed E-state index contributed by atoms with van der Waals surface area (Å²) >= 11 is 0. The van der Waals surface area contributed by atoms with Crippen LogP contribution in [0.5, 0.6) is 0 Å². The Morgan fingerprint density at radius 2 is 0.894 bits per heavy atom. The topological polar surface area (TPSA) is 43.0 Å². The molecule has 1 aromatic heterocycles. The van der Waals surface area contributed by atoms with Crippen molar-refractivity contribution in [2.24, 2.45) is 0 Å². The highest BCUT2D eigenvalue weighted by molar-refractivity contribution is 5.92. The van der Waals surface area contributed by atoms with Crippen LogP contribution >= 0.6 is 0 Å². The van der Waals surface area contributed by atoms with Crippen molar-refractivity contribution in [3.05, 3.63) is 168 Å². The molecule has 0 amide bonds. The Hall–Kier alpha value is -6.18. The van der Waals surface area contributed by atoms with Gasteiger partial charge in [-0.3, -0.25) is 0 Å². The van der Waals surface area contributed by atoms with Crippen LogP contribution in [-0.4, -0.2) is 15.0 Å². The van der Waals surface area contributed by atoms with Crippen LogP contribution in [-0.2, 0) is 5.41 Å². The molecule has 0 bridgehead atoms. The third-order valence-electron chi connectivity index (χ3n) is 9.19. The van der Waals surface area contributed by atoms with Crippen molar-refractivity contribution in [3.63, 3.8) is 0 Å². The smallest absolute Gasteiger partial charge is 0.195 e. The van der Waals surface area contributed by atoms with Gasteiger partial charge >= 0.3 is 0 Å². The van der Waals surface area contributed by atoms with E-state index in [2.05, 4.69) is 116 Å². The van der Waals surface area contributed by atoms with E-state index in [1.54, 1.807) is 0 Å². The van der Waals surface area contributed by atoms with Crippen LogP contribution < -0.4 is 0 Å². The third kappa shape index (κ3) is 4.99. The fourth-order valence-corrected chi connectivity index (χ4v) is 6.66. The van der Waals surface area contributed by atoms with E-state index >= 15 is 0 Å². The molecule has 47 heavy (non-hydrogen) atoms. The molecule has 6 aromatic carbocycles. The summed E-state index contributed by atoms with van der Waals surface area (Å²) in [6, 6.07) is 49.9. The highest BCUT2D eigenvalue weighted by atomic mass is 15.0. The lowest BCUT2D eigenvalue weighted by Gasteiger charge is -2.21. The van der Waals surface area contributed by atoms with Crippen LogP contribution in [0.2, 0.25) is 0 Å². The van der Waals surface area contributed by atoms with Crippen molar-refractivity contribution >= 4 is 5.69 Å². The molecule has 4 heteroatoms. The average molecular weight is 603 g/mol. The highest BCUT2D eigenvalue weighted by Crippen LogP contribution is 2.53. The maximum absolute atomic E-state index is 7.80. The lowest BCUT2D eigenvalue weighted by atomic mass is 9.82. The number of benzene rings is 6. The molecule has 1 heterocycles. The first kappa shape index (κ1) is 28.3. The Morgan fingerprint density at radius 3 is 1.45 bits per heavy atom. The molecule has 7 aromatic rings. The maximum Gasteiger partial charge on any atom is 0.195 e. The standard InChI is InChI=1S/C43H30N4/c1-43(2)36-26-25-34(27-35(36)39-37(43)15-10-16-38(39)44-3)30-19-23-33(24-20-30)42-46-40(31-13-8-5-9-14-31)45-41(47-42)32-21-17-29(18-22-32)28-11-6-4-7-12-28/h4-27H,1-2H3. The second-order valence-electron chi connectivity index (χ2n) is 12.4. The van der Waals surface area contributed by atoms with Gasteiger partial charge in [0.2, 0.25) is 0 Å². The van der Waals surface area contributed by atoms with Crippen LogP contribution in [0.1, 0.15) is 25.0 Å². The number of hydrogen-bond donors (Lipinski definition) is 0. The van der Waals surface area contributed by atoms with Gasteiger partial charge < -0.3 is 0 Å². The fourth-order valence-electron chi connectivity index (χ4n) is 6.66. The molecule has 0 atom stereocenters. The Bertz CT molecular complexity index is 2300. The van der Waals surface area contributed by atoms with Crippen molar-refractivity contribution in [2.45, 2.75) is 19.3 Å². The minimum Gasteiger partial charge on any atom is -0.238 e. The van der Waals surface area contributed by atoms with E-state index in [9.17, 15) is 0 Å². The van der Waals surface area contributed by atoms with E-state index in [4.69, 9.17) is 21.5 Å². The molecule has 4 nitrogen and oxygen atoms in total. The largest absolute Gasteiger partial charge is 0.238 e. The van der Waals surface area contributed by atoms with Crippen LogP contribution in [0, 0.1) is 6.57 Å². The molecule has 0 spiro atoms. The van der Waals surface area contributed by atoms with Crippen molar-refractivity contribution < 1.29 is 0 Å². The first-order valence-corrected chi connectivity index (χ1v) is 15.7. The molecule has 1 aliphatic carbocycles. The van der Waals surface area contributed by atoms with Crippen molar-refractivity contribution in [1.82, 2.24) is 15.0 Å². The summed E-state index contributed by atoms with van der Waals surface area (Å²) in [5.74, 6) is 1.89. The SMILES string of the molecule is [C-]#[N+]c1cccc2c1-c1cc(-c3ccc(-c4nc(-c5ccccc5)nc(-c5ccc(-c6ccccc6)cc5)n4)cc3)ccc1C2(C)C. The number of rotatable bonds is 5. The molecule has 0 saturated carbocycles. The van der Waals surface area contributed by atoms with Gasteiger partial charge in [0, 0.05) is 22.1 Å². The maximum atomic E-state index is 7.80. The second-order valence-corrected chi connectivity index (χ2v) is 12.4. The molecule has 0 saturated heterocycles. The van der Waals surface area contributed by atoms with Crippen LogP contribution in [0.3, 0.4) is 0 Å². The van der Waals surface area contributed by atoms with Gasteiger partial charge in [-0.2, -0.15) is 0 Å². The zero-order valence-electron chi connectivity index (χ0n) is 26.1. The Labute approximate surface area is 274 Å². The van der Waals surface area contributed by atoms with Crippen LogP contribution in [0.4, 0.5) is 5.69 Å². The van der Waals surface area contributed by atoms with Crippen molar-refractivity contribution in [2.75, 3.05) is 0 Å². The zero-order chi connectivity index (χ0) is 32.0. The van der Waals surface area contributed by atoms with Crippen molar-refractivity contribution in [1.29, 1.82) is 0 Å². The lowest BCUT2D eigenvalue weighted by Crippen LogP contribution is -2.14. The molecule has 0 N–H and O–H groups in total. The molecule has 1 aliphatic rings. The van der Waals surface area contributed by atoms with E-state index in [1.165, 1.54) is 16.7 Å². The Kier molecular flexibility index (Phi) is 6.82. The van der Waals surface area contributed by atoms with Gasteiger partial charge in [0.15, 0.2) is 23.2 Å². The van der Waals surface area contributed by atoms with E-state index in [0.717, 1.165) is 44.5 Å².